The predicted octanol–water partition coefficient (Wildman–Crippen LogP) is 4.16. The minimum Gasteiger partial charge on any atom is -0.493 e. The Balaban J connectivity index is 1.86. The number of amides is 1. The van der Waals surface area contributed by atoms with Crippen molar-refractivity contribution in [2.45, 2.75) is 25.7 Å². The first kappa shape index (κ1) is 29.3. The van der Waals surface area contributed by atoms with E-state index >= 15 is 0 Å². The van der Waals surface area contributed by atoms with Gasteiger partial charge in [-0.2, -0.15) is 5.10 Å². The standard InChI is InChI=1S/C28H33N3O7S/c1-6-37-25-14-10-21(16-27(25)38-7-2)18-29-30-28(32)19-31(22-11-15-24(35-4)26(17-22)36-5)39(33,34)23-12-8-20(3)9-13-23/h8-18H,6-7,19H2,1-5H3,(H,30,32)/b29-18+. The van der Waals surface area contributed by atoms with Crippen LogP contribution in [0.3, 0.4) is 0 Å². The Hall–Kier alpha value is -4.25. The molecule has 3 aromatic carbocycles. The number of anilines is 1. The SMILES string of the molecule is CCOc1ccc(/C=N/NC(=O)CN(c2ccc(OC)c(OC)c2)S(=O)(=O)c2ccc(C)cc2)cc1OCC. The number of aryl methyl sites for hydroxylation is 1. The fourth-order valence-electron chi connectivity index (χ4n) is 3.63. The van der Waals surface area contributed by atoms with Gasteiger partial charge in [0.15, 0.2) is 23.0 Å². The molecule has 0 aromatic heterocycles. The molecule has 3 rings (SSSR count). The third-order valence-electron chi connectivity index (χ3n) is 5.52. The van der Waals surface area contributed by atoms with E-state index in [4.69, 9.17) is 18.9 Å². The van der Waals surface area contributed by atoms with Gasteiger partial charge in [-0.15, -0.1) is 0 Å². The molecule has 0 saturated heterocycles. The highest BCUT2D eigenvalue weighted by atomic mass is 32.2. The second-order valence-corrected chi connectivity index (χ2v) is 10.1. The molecular formula is C28H33N3O7S. The van der Waals surface area contributed by atoms with Crippen LogP contribution in [0.1, 0.15) is 25.0 Å². The number of hydrogen-bond donors (Lipinski definition) is 1. The van der Waals surface area contributed by atoms with Crippen LogP contribution in [0, 0.1) is 6.92 Å². The first-order valence-corrected chi connectivity index (χ1v) is 13.7. The molecule has 0 saturated carbocycles. The third kappa shape index (κ3) is 7.41. The smallest absolute Gasteiger partial charge is 0.264 e. The van der Waals surface area contributed by atoms with Gasteiger partial charge in [0, 0.05) is 6.07 Å². The summed E-state index contributed by atoms with van der Waals surface area (Å²) in [7, 11) is -1.19. The van der Waals surface area contributed by atoms with E-state index in [0.29, 0.717) is 41.8 Å². The number of hydrazone groups is 1. The minimum absolute atomic E-state index is 0.0389. The quantitative estimate of drug-likeness (QED) is 0.249. The number of methoxy groups -OCH3 is 2. The third-order valence-corrected chi connectivity index (χ3v) is 7.31. The highest BCUT2D eigenvalue weighted by molar-refractivity contribution is 7.92. The van der Waals surface area contributed by atoms with Crippen LogP contribution in [-0.2, 0) is 14.8 Å². The van der Waals surface area contributed by atoms with Gasteiger partial charge >= 0.3 is 0 Å². The fourth-order valence-corrected chi connectivity index (χ4v) is 5.04. The van der Waals surface area contributed by atoms with E-state index in [0.717, 1.165) is 9.87 Å². The van der Waals surface area contributed by atoms with Gasteiger partial charge < -0.3 is 18.9 Å². The van der Waals surface area contributed by atoms with Crippen LogP contribution in [0.15, 0.2) is 70.7 Å². The summed E-state index contributed by atoms with van der Waals surface area (Å²) in [5.41, 5.74) is 4.19. The van der Waals surface area contributed by atoms with E-state index in [1.807, 2.05) is 20.8 Å². The first-order valence-electron chi connectivity index (χ1n) is 12.3. The van der Waals surface area contributed by atoms with Crippen LogP contribution in [0.25, 0.3) is 0 Å². The summed E-state index contributed by atoms with van der Waals surface area (Å²) in [4.78, 5) is 12.9. The van der Waals surface area contributed by atoms with E-state index in [1.165, 1.54) is 38.6 Å². The number of sulfonamides is 1. The summed E-state index contributed by atoms with van der Waals surface area (Å²) in [5, 5.41) is 4.01. The highest BCUT2D eigenvalue weighted by Crippen LogP contribution is 2.34. The van der Waals surface area contributed by atoms with Crippen LogP contribution < -0.4 is 28.7 Å². The maximum absolute atomic E-state index is 13.6. The zero-order chi connectivity index (χ0) is 28.4. The lowest BCUT2D eigenvalue weighted by Gasteiger charge is -2.24. The van der Waals surface area contributed by atoms with E-state index in [-0.39, 0.29) is 10.6 Å². The highest BCUT2D eigenvalue weighted by Gasteiger charge is 2.28. The molecule has 0 radical (unpaired) electrons. The van der Waals surface area contributed by atoms with Crippen molar-refractivity contribution in [1.29, 1.82) is 0 Å². The summed E-state index contributed by atoms with van der Waals surface area (Å²) in [5.74, 6) is 1.25. The summed E-state index contributed by atoms with van der Waals surface area (Å²) >= 11 is 0. The maximum Gasteiger partial charge on any atom is 0.264 e. The van der Waals surface area contributed by atoms with E-state index in [1.54, 1.807) is 42.5 Å². The molecule has 0 heterocycles. The number of nitrogens with one attached hydrogen (secondary N) is 1. The maximum atomic E-state index is 13.6. The number of ether oxygens (including phenoxy) is 4. The van der Waals surface area contributed by atoms with Gasteiger partial charge in [0.2, 0.25) is 0 Å². The van der Waals surface area contributed by atoms with Crippen molar-refractivity contribution < 1.29 is 32.2 Å². The first-order chi connectivity index (χ1) is 18.7. The van der Waals surface area contributed by atoms with Gasteiger partial charge in [-0.1, -0.05) is 17.7 Å². The number of hydrogen-bond acceptors (Lipinski definition) is 8. The Bertz CT molecular complexity index is 1410. The summed E-state index contributed by atoms with van der Waals surface area (Å²) in [6.45, 7) is 6.02. The molecule has 0 fully saturated rings. The average Bonchev–Trinajstić information content (AvgIpc) is 2.93. The zero-order valence-electron chi connectivity index (χ0n) is 22.6. The van der Waals surface area contributed by atoms with Crippen LogP contribution in [0.5, 0.6) is 23.0 Å². The summed E-state index contributed by atoms with van der Waals surface area (Å²) in [6.07, 6.45) is 1.44. The average molecular weight is 556 g/mol. The zero-order valence-corrected chi connectivity index (χ0v) is 23.4. The normalized spacial score (nSPS) is 11.2. The largest absolute Gasteiger partial charge is 0.493 e. The van der Waals surface area contributed by atoms with Crippen molar-refractivity contribution in [1.82, 2.24) is 5.43 Å². The number of carbonyl (C=O) groups excluding carboxylic acids is 1. The number of carbonyl (C=O) groups is 1. The topological polar surface area (TPSA) is 116 Å². The van der Waals surface area contributed by atoms with Gasteiger partial charge in [0.1, 0.15) is 6.54 Å². The van der Waals surface area contributed by atoms with Crippen molar-refractivity contribution >= 4 is 27.8 Å². The number of rotatable bonds is 13. The Morgan fingerprint density at radius 2 is 1.51 bits per heavy atom. The molecule has 0 bridgehead atoms. The Morgan fingerprint density at radius 1 is 0.872 bits per heavy atom. The van der Waals surface area contributed by atoms with Crippen molar-refractivity contribution in [2.75, 3.05) is 38.3 Å². The van der Waals surface area contributed by atoms with E-state index < -0.39 is 22.5 Å². The molecule has 0 aliphatic rings. The Morgan fingerprint density at radius 3 is 2.15 bits per heavy atom. The monoisotopic (exact) mass is 555 g/mol. The molecule has 10 nitrogen and oxygen atoms in total. The Kier molecular flexibility index (Phi) is 10.2. The molecule has 39 heavy (non-hydrogen) atoms. The van der Waals surface area contributed by atoms with Crippen LogP contribution in [0.4, 0.5) is 5.69 Å². The molecule has 0 aliphatic heterocycles. The fraction of sp³-hybridized carbons (Fsp3) is 0.286. The van der Waals surface area contributed by atoms with Gasteiger partial charge in [0.25, 0.3) is 15.9 Å². The van der Waals surface area contributed by atoms with Crippen molar-refractivity contribution in [2.24, 2.45) is 5.10 Å². The van der Waals surface area contributed by atoms with E-state index in [9.17, 15) is 13.2 Å². The number of benzene rings is 3. The molecule has 0 aliphatic carbocycles. The summed E-state index contributed by atoms with van der Waals surface area (Å²) in [6, 6.07) is 16.2. The van der Waals surface area contributed by atoms with Gasteiger partial charge in [-0.3, -0.25) is 9.10 Å². The molecule has 0 unspecified atom stereocenters. The molecule has 3 aromatic rings. The second kappa shape index (κ2) is 13.5. The van der Waals surface area contributed by atoms with Gasteiger partial charge in [-0.25, -0.2) is 13.8 Å². The molecule has 1 amide bonds. The summed E-state index contributed by atoms with van der Waals surface area (Å²) < 4.78 is 50.0. The molecular weight excluding hydrogens is 522 g/mol. The lowest BCUT2D eigenvalue weighted by Crippen LogP contribution is -2.39. The van der Waals surface area contributed by atoms with Crippen molar-refractivity contribution in [3.63, 3.8) is 0 Å². The van der Waals surface area contributed by atoms with E-state index in [2.05, 4.69) is 10.5 Å². The van der Waals surface area contributed by atoms with Crippen LogP contribution in [-0.4, -0.2) is 54.5 Å². The predicted molar refractivity (Wildman–Crippen MR) is 150 cm³/mol. The Labute approximate surface area is 229 Å². The molecule has 1 N–H and O–H groups in total. The van der Waals surface area contributed by atoms with Gasteiger partial charge in [0.05, 0.1) is 44.2 Å². The molecule has 0 spiro atoms. The van der Waals surface area contributed by atoms with Crippen LogP contribution in [0.2, 0.25) is 0 Å². The lowest BCUT2D eigenvalue weighted by atomic mass is 10.2. The van der Waals surface area contributed by atoms with Gasteiger partial charge in [-0.05, 0) is 68.8 Å². The molecule has 0 atom stereocenters. The minimum atomic E-state index is -4.12. The second-order valence-electron chi connectivity index (χ2n) is 8.23. The van der Waals surface area contributed by atoms with Crippen molar-refractivity contribution in [3.05, 3.63) is 71.8 Å². The molecule has 11 heteroatoms. The van der Waals surface area contributed by atoms with Crippen LogP contribution >= 0.6 is 0 Å². The number of nitrogens with zero attached hydrogens (tertiary/aromatic N) is 2. The molecule has 208 valence electrons. The lowest BCUT2D eigenvalue weighted by molar-refractivity contribution is -0.119. The van der Waals surface area contributed by atoms with Crippen molar-refractivity contribution in [3.8, 4) is 23.0 Å².